The predicted octanol–water partition coefficient (Wildman–Crippen LogP) is 2.85. The minimum atomic E-state index is -0.825. The summed E-state index contributed by atoms with van der Waals surface area (Å²) in [4.78, 5) is 16.0. The fourth-order valence-corrected chi connectivity index (χ4v) is 2.30. The van der Waals surface area contributed by atoms with Gasteiger partial charge in [-0.05, 0) is 24.3 Å². The maximum absolute atomic E-state index is 13.2. The van der Waals surface area contributed by atoms with Gasteiger partial charge >= 0.3 is 11.8 Å². The fourth-order valence-electron chi connectivity index (χ4n) is 2.30. The number of benzene rings is 2. The zero-order valence-electron chi connectivity index (χ0n) is 13.5. The standard InChI is InChI=1S/C17H10F2N6O2/c18-10-6-11(19)8-12(7-10)20-16(26)17-21-15(23-27-17)14-9-25(24-22-14)13-4-2-1-3-5-13/h1-9H,(H,20,26). The molecule has 0 saturated carbocycles. The number of aromatic nitrogens is 5. The Kier molecular flexibility index (Phi) is 4.13. The van der Waals surface area contributed by atoms with Crippen LogP contribution in [-0.2, 0) is 0 Å². The van der Waals surface area contributed by atoms with Gasteiger partial charge in [-0.25, -0.2) is 13.5 Å². The van der Waals surface area contributed by atoms with Gasteiger partial charge < -0.3 is 9.84 Å². The van der Waals surface area contributed by atoms with Crippen LogP contribution in [-0.4, -0.2) is 31.0 Å². The van der Waals surface area contributed by atoms with Gasteiger partial charge in [-0.15, -0.1) is 5.10 Å². The first-order chi connectivity index (χ1) is 13.1. The lowest BCUT2D eigenvalue weighted by Gasteiger charge is -2.02. The molecular weight excluding hydrogens is 358 g/mol. The monoisotopic (exact) mass is 368 g/mol. The fraction of sp³-hybridized carbons (Fsp3) is 0. The molecular formula is C17H10F2N6O2. The van der Waals surface area contributed by atoms with Gasteiger partial charge in [-0.3, -0.25) is 4.79 Å². The van der Waals surface area contributed by atoms with Crippen molar-refractivity contribution in [1.29, 1.82) is 0 Å². The summed E-state index contributed by atoms with van der Waals surface area (Å²) in [6, 6.07) is 11.9. The smallest absolute Gasteiger partial charge is 0.316 e. The van der Waals surface area contributed by atoms with Crippen LogP contribution in [0.1, 0.15) is 10.7 Å². The number of halogens is 2. The Hall–Kier alpha value is -3.95. The van der Waals surface area contributed by atoms with E-state index in [9.17, 15) is 13.6 Å². The maximum atomic E-state index is 13.2. The minimum absolute atomic E-state index is 0.0488. The summed E-state index contributed by atoms with van der Waals surface area (Å²) >= 11 is 0. The molecule has 8 nitrogen and oxygen atoms in total. The highest BCUT2D eigenvalue weighted by molar-refractivity contribution is 6.01. The molecule has 0 saturated heterocycles. The van der Waals surface area contributed by atoms with Crippen LogP contribution in [0.5, 0.6) is 0 Å². The quantitative estimate of drug-likeness (QED) is 0.595. The number of carbonyl (C=O) groups is 1. The number of anilines is 1. The summed E-state index contributed by atoms with van der Waals surface area (Å²) in [6.45, 7) is 0. The number of hydrogen-bond donors (Lipinski definition) is 1. The molecule has 0 spiro atoms. The molecule has 0 radical (unpaired) electrons. The molecule has 1 N–H and O–H groups in total. The number of nitrogens with zero attached hydrogens (tertiary/aromatic N) is 5. The van der Waals surface area contributed by atoms with E-state index in [0.717, 1.165) is 17.8 Å². The largest absolute Gasteiger partial charge is 0.328 e. The summed E-state index contributed by atoms with van der Waals surface area (Å²) in [7, 11) is 0. The molecule has 0 aliphatic rings. The lowest BCUT2D eigenvalue weighted by molar-refractivity contribution is 0.0981. The third kappa shape index (κ3) is 3.54. The third-order valence-corrected chi connectivity index (χ3v) is 3.48. The van der Waals surface area contributed by atoms with Gasteiger partial charge in [0.1, 0.15) is 11.6 Å². The van der Waals surface area contributed by atoms with Crippen LogP contribution in [0, 0.1) is 11.6 Å². The molecule has 134 valence electrons. The van der Waals surface area contributed by atoms with Crippen LogP contribution in [0.25, 0.3) is 17.2 Å². The summed E-state index contributed by atoms with van der Waals surface area (Å²) in [6.07, 6.45) is 1.57. The molecule has 0 atom stereocenters. The summed E-state index contributed by atoms with van der Waals surface area (Å²) < 4.78 is 32.8. The average molecular weight is 368 g/mol. The molecule has 0 fully saturated rings. The molecule has 27 heavy (non-hydrogen) atoms. The zero-order chi connectivity index (χ0) is 18.8. The van der Waals surface area contributed by atoms with E-state index >= 15 is 0 Å². The number of rotatable bonds is 4. The Labute approximate surface area is 150 Å². The topological polar surface area (TPSA) is 98.7 Å². The second-order valence-electron chi connectivity index (χ2n) is 5.42. The predicted molar refractivity (Wildman–Crippen MR) is 89.0 cm³/mol. The van der Waals surface area contributed by atoms with Gasteiger partial charge in [0.05, 0.1) is 11.9 Å². The summed E-state index contributed by atoms with van der Waals surface area (Å²) in [5.74, 6) is -2.80. The normalized spacial score (nSPS) is 10.7. The van der Waals surface area contributed by atoms with Crippen LogP contribution < -0.4 is 5.32 Å². The van der Waals surface area contributed by atoms with Crippen LogP contribution in [0.15, 0.2) is 59.3 Å². The van der Waals surface area contributed by atoms with E-state index in [0.29, 0.717) is 11.8 Å². The molecule has 2 aromatic carbocycles. The number of nitrogens with one attached hydrogen (secondary N) is 1. The van der Waals surface area contributed by atoms with Crippen LogP contribution in [0.4, 0.5) is 14.5 Å². The molecule has 2 heterocycles. The van der Waals surface area contributed by atoms with Crippen molar-refractivity contribution in [3.63, 3.8) is 0 Å². The van der Waals surface area contributed by atoms with Crippen LogP contribution >= 0.6 is 0 Å². The SMILES string of the molecule is O=C(Nc1cc(F)cc(F)c1)c1nc(-c2cn(-c3ccccc3)nn2)no1. The van der Waals surface area contributed by atoms with E-state index in [1.807, 2.05) is 30.3 Å². The van der Waals surface area contributed by atoms with Gasteiger partial charge in [-0.2, -0.15) is 4.98 Å². The Morgan fingerprint density at radius 2 is 1.81 bits per heavy atom. The number of para-hydroxylation sites is 1. The Bertz CT molecular complexity index is 1090. The lowest BCUT2D eigenvalue weighted by Crippen LogP contribution is -2.12. The summed E-state index contributed by atoms with van der Waals surface area (Å²) in [5.41, 5.74) is 0.997. The second kappa shape index (κ2) is 6.75. The van der Waals surface area contributed by atoms with E-state index in [1.54, 1.807) is 6.20 Å². The molecule has 4 rings (SSSR count). The van der Waals surface area contributed by atoms with Crippen LogP contribution in [0.2, 0.25) is 0 Å². The van der Waals surface area contributed by atoms with E-state index in [4.69, 9.17) is 4.52 Å². The van der Waals surface area contributed by atoms with E-state index in [1.165, 1.54) is 4.68 Å². The third-order valence-electron chi connectivity index (χ3n) is 3.48. The molecule has 1 amide bonds. The van der Waals surface area contributed by atoms with Crippen molar-refractivity contribution in [2.45, 2.75) is 0 Å². The molecule has 0 aliphatic heterocycles. The van der Waals surface area contributed by atoms with Crippen LogP contribution in [0.3, 0.4) is 0 Å². The van der Waals surface area contributed by atoms with Crippen molar-refractivity contribution in [2.24, 2.45) is 0 Å². The van der Waals surface area contributed by atoms with Gasteiger partial charge in [0.25, 0.3) is 0 Å². The molecule has 4 aromatic rings. The van der Waals surface area contributed by atoms with Crippen molar-refractivity contribution in [3.05, 3.63) is 72.3 Å². The zero-order valence-corrected chi connectivity index (χ0v) is 13.5. The first-order valence-electron chi connectivity index (χ1n) is 7.68. The second-order valence-corrected chi connectivity index (χ2v) is 5.42. The van der Waals surface area contributed by atoms with Crippen molar-refractivity contribution in [3.8, 4) is 17.2 Å². The highest BCUT2D eigenvalue weighted by Gasteiger charge is 2.19. The number of hydrogen-bond acceptors (Lipinski definition) is 6. The van der Waals surface area contributed by atoms with E-state index in [-0.39, 0.29) is 17.4 Å². The highest BCUT2D eigenvalue weighted by atomic mass is 19.1. The molecule has 0 aliphatic carbocycles. The van der Waals surface area contributed by atoms with Crippen molar-refractivity contribution >= 4 is 11.6 Å². The first kappa shape index (κ1) is 16.5. The van der Waals surface area contributed by atoms with Crippen molar-refractivity contribution < 1.29 is 18.1 Å². The molecule has 10 heteroatoms. The van der Waals surface area contributed by atoms with E-state index < -0.39 is 17.5 Å². The Morgan fingerprint density at radius 1 is 1.07 bits per heavy atom. The van der Waals surface area contributed by atoms with Gasteiger partial charge in [0, 0.05) is 11.8 Å². The molecule has 0 bridgehead atoms. The molecule has 0 unspecified atom stereocenters. The van der Waals surface area contributed by atoms with Gasteiger partial charge in [-0.1, -0.05) is 28.6 Å². The van der Waals surface area contributed by atoms with Gasteiger partial charge in [0.15, 0.2) is 5.69 Å². The maximum Gasteiger partial charge on any atom is 0.316 e. The first-order valence-corrected chi connectivity index (χ1v) is 7.68. The van der Waals surface area contributed by atoms with Crippen molar-refractivity contribution in [2.75, 3.05) is 5.32 Å². The molecule has 2 aromatic heterocycles. The van der Waals surface area contributed by atoms with Gasteiger partial charge in [0.2, 0.25) is 5.82 Å². The minimum Gasteiger partial charge on any atom is -0.328 e. The number of carbonyl (C=O) groups excluding carboxylic acids is 1. The average Bonchev–Trinajstić information content (AvgIpc) is 3.31. The summed E-state index contributed by atoms with van der Waals surface area (Å²) in [5, 5.41) is 13.9. The lowest BCUT2D eigenvalue weighted by atomic mass is 10.3. The van der Waals surface area contributed by atoms with Crippen molar-refractivity contribution in [1.82, 2.24) is 25.1 Å². The Morgan fingerprint density at radius 3 is 2.56 bits per heavy atom. The van der Waals surface area contributed by atoms with E-state index in [2.05, 4.69) is 25.8 Å². The highest BCUT2D eigenvalue weighted by Crippen LogP contribution is 2.17. The number of amides is 1. The Balaban J connectivity index is 1.53.